The summed E-state index contributed by atoms with van der Waals surface area (Å²) in [6.07, 6.45) is 0. The number of nitrogens with zero attached hydrogens (tertiary/aromatic N) is 3. The maximum absolute atomic E-state index is 12.5. The molecule has 0 spiro atoms. The highest BCUT2D eigenvalue weighted by atomic mass is 32.2. The van der Waals surface area contributed by atoms with Crippen LogP contribution in [0.2, 0.25) is 0 Å². The Hall–Kier alpha value is -3.69. The summed E-state index contributed by atoms with van der Waals surface area (Å²) >= 11 is 2.63. The summed E-state index contributed by atoms with van der Waals surface area (Å²) in [6.45, 7) is 1.98. The second kappa shape index (κ2) is 9.66. The number of hydrogen-bond acceptors (Lipinski definition) is 8. The fourth-order valence-electron chi connectivity index (χ4n) is 3.46. The average molecular weight is 489 g/mol. The highest BCUT2D eigenvalue weighted by Gasteiger charge is 2.15. The molecule has 1 amide bonds. The summed E-state index contributed by atoms with van der Waals surface area (Å²) < 4.78 is 11.0. The zero-order valence-corrected chi connectivity index (χ0v) is 20.1. The van der Waals surface area contributed by atoms with E-state index in [9.17, 15) is 4.79 Å². The molecule has 34 heavy (non-hydrogen) atoms. The molecule has 0 atom stereocenters. The Morgan fingerprint density at radius 3 is 2.59 bits per heavy atom. The molecule has 0 fully saturated rings. The van der Waals surface area contributed by atoms with Gasteiger partial charge in [-0.1, -0.05) is 42.1 Å². The van der Waals surface area contributed by atoms with Crippen molar-refractivity contribution in [3.8, 4) is 28.5 Å². The Labute approximate surface area is 204 Å². The van der Waals surface area contributed by atoms with Gasteiger partial charge in [0.15, 0.2) is 5.13 Å². The molecule has 0 aliphatic carbocycles. The maximum atomic E-state index is 12.5. The minimum absolute atomic E-state index is 0.135. The number of hydrogen-bond donors (Lipinski definition) is 1. The molecule has 2 aromatic heterocycles. The molecule has 3 aromatic carbocycles. The lowest BCUT2D eigenvalue weighted by Gasteiger charge is -2.02. The fraction of sp³-hybridized carbons (Fsp3) is 0.120. The van der Waals surface area contributed by atoms with Crippen LogP contribution in [0, 0.1) is 6.92 Å². The standard InChI is InChI=1S/C25H20N4O3S2/c1-15-22(17-9-11-20(31-2)12-10-17)27-24(34-15)26-21(30)14-33-25-29-28-23(32-25)19-8-7-16-5-3-4-6-18(16)13-19/h3-13H,14H2,1-2H3,(H,26,27,30). The van der Waals surface area contributed by atoms with E-state index in [-0.39, 0.29) is 11.7 Å². The normalized spacial score (nSPS) is 11.0. The maximum Gasteiger partial charge on any atom is 0.277 e. The van der Waals surface area contributed by atoms with Crippen LogP contribution >= 0.6 is 23.1 Å². The van der Waals surface area contributed by atoms with E-state index < -0.39 is 0 Å². The van der Waals surface area contributed by atoms with Gasteiger partial charge in [0, 0.05) is 16.0 Å². The van der Waals surface area contributed by atoms with E-state index in [1.54, 1.807) is 7.11 Å². The molecule has 5 aromatic rings. The van der Waals surface area contributed by atoms with Crippen LogP contribution in [-0.2, 0) is 4.79 Å². The lowest BCUT2D eigenvalue weighted by molar-refractivity contribution is -0.113. The SMILES string of the molecule is COc1ccc(-c2nc(NC(=O)CSc3nnc(-c4ccc5ccccc5c4)o3)sc2C)cc1. The number of aromatic nitrogens is 3. The molecular weight excluding hydrogens is 468 g/mol. The van der Waals surface area contributed by atoms with Crippen molar-refractivity contribution >= 4 is 44.9 Å². The number of thioether (sulfide) groups is 1. The van der Waals surface area contributed by atoms with Crippen molar-refractivity contribution in [2.45, 2.75) is 12.1 Å². The Morgan fingerprint density at radius 1 is 1.03 bits per heavy atom. The largest absolute Gasteiger partial charge is 0.497 e. The summed E-state index contributed by atoms with van der Waals surface area (Å²) in [6, 6.07) is 21.7. The second-order valence-corrected chi connectivity index (χ2v) is 9.55. The average Bonchev–Trinajstić information content (AvgIpc) is 3.49. The molecule has 170 valence electrons. The number of fused-ring (bicyclic) bond motifs is 1. The van der Waals surface area contributed by atoms with Crippen molar-refractivity contribution < 1.29 is 13.9 Å². The van der Waals surface area contributed by atoms with Gasteiger partial charge in [0.1, 0.15) is 5.75 Å². The first-order chi connectivity index (χ1) is 16.6. The topological polar surface area (TPSA) is 90.1 Å². The molecule has 5 rings (SSSR count). The Balaban J connectivity index is 1.21. The van der Waals surface area contributed by atoms with E-state index in [4.69, 9.17) is 9.15 Å². The van der Waals surface area contributed by atoms with Gasteiger partial charge in [0.2, 0.25) is 11.8 Å². The van der Waals surface area contributed by atoms with Crippen molar-refractivity contribution in [2.75, 3.05) is 18.2 Å². The van der Waals surface area contributed by atoms with Crippen LogP contribution in [0.1, 0.15) is 4.88 Å². The number of benzene rings is 3. The lowest BCUT2D eigenvalue weighted by atomic mass is 10.1. The van der Waals surface area contributed by atoms with Gasteiger partial charge in [0.25, 0.3) is 5.22 Å². The van der Waals surface area contributed by atoms with Crippen LogP contribution in [-0.4, -0.2) is 34.0 Å². The number of aryl methyl sites for hydroxylation is 1. The van der Waals surface area contributed by atoms with Gasteiger partial charge in [-0.2, -0.15) is 0 Å². The zero-order valence-electron chi connectivity index (χ0n) is 18.4. The smallest absolute Gasteiger partial charge is 0.277 e. The molecule has 0 aliphatic rings. The predicted molar refractivity (Wildman–Crippen MR) is 135 cm³/mol. The Morgan fingerprint density at radius 2 is 1.79 bits per heavy atom. The van der Waals surface area contributed by atoms with E-state index in [1.807, 2.05) is 67.6 Å². The Bertz CT molecular complexity index is 1460. The summed E-state index contributed by atoms with van der Waals surface area (Å²) in [5.74, 6) is 1.15. The van der Waals surface area contributed by atoms with Crippen LogP contribution in [0.15, 0.2) is 76.4 Å². The molecule has 0 saturated carbocycles. The van der Waals surface area contributed by atoms with Gasteiger partial charge in [-0.25, -0.2) is 4.98 Å². The first-order valence-corrected chi connectivity index (χ1v) is 12.3. The van der Waals surface area contributed by atoms with Crippen molar-refractivity contribution in [1.29, 1.82) is 0 Å². The van der Waals surface area contributed by atoms with E-state index in [0.717, 1.165) is 38.2 Å². The fourth-order valence-corrected chi connectivity index (χ4v) is 4.87. The number of rotatable bonds is 7. The Kier molecular flexibility index (Phi) is 6.29. The first kappa shape index (κ1) is 22.1. The lowest BCUT2D eigenvalue weighted by Crippen LogP contribution is -2.13. The number of thiazole rings is 1. The summed E-state index contributed by atoms with van der Waals surface area (Å²) in [4.78, 5) is 18.1. The third kappa shape index (κ3) is 4.80. The third-order valence-corrected chi connectivity index (χ3v) is 6.84. The molecular formula is C25H20N4O3S2. The molecule has 0 saturated heterocycles. The highest BCUT2D eigenvalue weighted by Crippen LogP contribution is 2.32. The van der Waals surface area contributed by atoms with Gasteiger partial charge in [-0.15, -0.1) is 21.5 Å². The number of methoxy groups -OCH3 is 1. The summed E-state index contributed by atoms with van der Waals surface area (Å²) in [5.41, 5.74) is 2.65. The van der Waals surface area contributed by atoms with E-state index in [2.05, 4.69) is 26.6 Å². The quantitative estimate of drug-likeness (QED) is 0.278. The number of carbonyl (C=O) groups is 1. The summed E-state index contributed by atoms with van der Waals surface area (Å²) in [5, 5.41) is 14.2. The third-order valence-electron chi connectivity index (χ3n) is 5.14. The van der Waals surface area contributed by atoms with Crippen LogP contribution in [0.3, 0.4) is 0 Å². The number of nitrogens with one attached hydrogen (secondary N) is 1. The van der Waals surface area contributed by atoms with Crippen LogP contribution in [0.25, 0.3) is 33.5 Å². The van der Waals surface area contributed by atoms with Crippen molar-refractivity contribution in [1.82, 2.24) is 15.2 Å². The van der Waals surface area contributed by atoms with E-state index in [1.165, 1.54) is 23.1 Å². The van der Waals surface area contributed by atoms with Crippen LogP contribution < -0.4 is 10.1 Å². The molecule has 0 unspecified atom stereocenters. The van der Waals surface area contributed by atoms with Crippen LogP contribution in [0.4, 0.5) is 5.13 Å². The minimum Gasteiger partial charge on any atom is -0.497 e. The molecule has 0 bridgehead atoms. The van der Waals surface area contributed by atoms with Gasteiger partial charge in [-0.3, -0.25) is 4.79 Å². The number of anilines is 1. The number of ether oxygens (including phenoxy) is 1. The van der Waals surface area contributed by atoms with Gasteiger partial charge in [0.05, 0.1) is 18.6 Å². The van der Waals surface area contributed by atoms with Gasteiger partial charge < -0.3 is 14.5 Å². The van der Waals surface area contributed by atoms with Gasteiger partial charge in [-0.05, 0) is 54.1 Å². The van der Waals surface area contributed by atoms with Crippen molar-refractivity contribution in [3.63, 3.8) is 0 Å². The molecule has 0 aliphatic heterocycles. The van der Waals surface area contributed by atoms with E-state index in [0.29, 0.717) is 16.2 Å². The van der Waals surface area contributed by atoms with Crippen molar-refractivity contribution in [3.05, 3.63) is 71.6 Å². The highest BCUT2D eigenvalue weighted by molar-refractivity contribution is 7.99. The summed E-state index contributed by atoms with van der Waals surface area (Å²) in [7, 11) is 1.63. The monoisotopic (exact) mass is 488 g/mol. The number of amides is 1. The number of carbonyl (C=O) groups excluding carboxylic acids is 1. The zero-order chi connectivity index (χ0) is 23.5. The molecule has 0 radical (unpaired) electrons. The van der Waals surface area contributed by atoms with Gasteiger partial charge >= 0.3 is 0 Å². The molecule has 9 heteroatoms. The van der Waals surface area contributed by atoms with Crippen LogP contribution in [0.5, 0.6) is 5.75 Å². The predicted octanol–water partition coefficient (Wildman–Crippen LogP) is 6.06. The van der Waals surface area contributed by atoms with Crippen molar-refractivity contribution in [2.24, 2.45) is 0 Å². The van der Waals surface area contributed by atoms with E-state index >= 15 is 0 Å². The molecule has 2 heterocycles. The molecule has 7 nitrogen and oxygen atoms in total. The second-order valence-electron chi connectivity index (χ2n) is 7.42. The minimum atomic E-state index is -0.189. The first-order valence-electron chi connectivity index (χ1n) is 10.5. The molecule has 1 N–H and O–H groups in total.